The van der Waals surface area contributed by atoms with Crippen LogP contribution in [-0.2, 0) is 14.4 Å². The molecule has 1 aliphatic carbocycles. The summed E-state index contributed by atoms with van der Waals surface area (Å²) < 4.78 is 0. The Morgan fingerprint density at radius 2 is 1.68 bits per heavy atom. The van der Waals surface area contributed by atoms with Gasteiger partial charge in [0.15, 0.2) is 5.78 Å². The van der Waals surface area contributed by atoms with Crippen molar-refractivity contribution in [3.8, 4) is 0 Å². The van der Waals surface area contributed by atoms with E-state index in [0.29, 0.717) is 22.6 Å². The molecular weight excluding hydrogens is 362 g/mol. The van der Waals surface area contributed by atoms with Gasteiger partial charge in [-0.3, -0.25) is 24.1 Å². The Balaban J connectivity index is 1.67. The van der Waals surface area contributed by atoms with E-state index in [4.69, 9.17) is 0 Å². The van der Waals surface area contributed by atoms with Crippen LogP contribution in [0.2, 0.25) is 0 Å². The largest absolute Gasteiger partial charge is 0.334 e. The van der Waals surface area contributed by atoms with Crippen LogP contribution in [0.5, 0.6) is 0 Å². The highest BCUT2D eigenvalue weighted by atomic mass is 16.2. The summed E-state index contributed by atoms with van der Waals surface area (Å²) in [5.74, 6) is -2.39. The van der Waals surface area contributed by atoms with Gasteiger partial charge in [0, 0.05) is 17.3 Å². The van der Waals surface area contributed by atoms with Gasteiger partial charge in [0.05, 0.1) is 0 Å². The Morgan fingerprint density at radius 1 is 1.04 bits per heavy atom. The zero-order valence-corrected chi connectivity index (χ0v) is 15.9. The van der Waals surface area contributed by atoms with Crippen molar-refractivity contribution in [1.29, 1.82) is 0 Å². The smallest absolute Gasteiger partial charge is 0.325 e. The molecule has 1 N–H and O–H groups in total. The minimum atomic E-state index is -0.968. The summed E-state index contributed by atoms with van der Waals surface area (Å²) in [5, 5.41) is 2.57. The van der Waals surface area contributed by atoms with E-state index >= 15 is 0 Å². The van der Waals surface area contributed by atoms with Gasteiger partial charge in [-0.05, 0) is 49.9 Å². The van der Waals surface area contributed by atoms with Crippen molar-refractivity contribution in [3.63, 3.8) is 0 Å². The average Bonchev–Trinajstić information content (AvgIpc) is 2.86. The van der Waals surface area contributed by atoms with E-state index in [2.05, 4.69) is 5.32 Å². The number of imide groups is 2. The number of hydrogen-bond donors (Lipinski definition) is 1. The van der Waals surface area contributed by atoms with Gasteiger partial charge in [-0.15, -0.1) is 0 Å². The molecule has 1 aromatic rings. The summed E-state index contributed by atoms with van der Waals surface area (Å²) in [4.78, 5) is 62.6. The first kappa shape index (κ1) is 19.7. The number of nitrogens with zero attached hydrogens (tertiary/aromatic N) is 2. The van der Waals surface area contributed by atoms with E-state index in [1.165, 1.54) is 6.92 Å². The maximum absolute atomic E-state index is 12.7. The number of amides is 5. The van der Waals surface area contributed by atoms with Gasteiger partial charge < -0.3 is 5.32 Å². The molecule has 1 saturated carbocycles. The number of Topliss-reactive ketones (excluding diaryl/α,β-unsaturated/α-hetero) is 1. The number of benzene rings is 1. The van der Waals surface area contributed by atoms with Gasteiger partial charge >= 0.3 is 17.8 Å². The minimum absolute atomic E-state index is 0.0957. The highest BCUT2D eigenvalue weighted by molar-refractivity contribution is 6.45. The molecule has 1 aromatic carbocycles. The van der Waals surface area contributed by atoms with Crippen LogP contribution in [0.15, 0.2) is 24.3 Å². The molecule has 3 rings (SSSR count). The Morgan fingerprint density at radius 3 is 2.29 bits per heavy atom. The lowest BCUT2D eigenvalue weighted by atomic mass is 9.85. The van der Waals surface area contributed by atoms with Crippen LogP contribution < -0.4 is 5.32 Å². The lowest BCUT2D eigenvalue weighted by molar-refractivity contribution is -0.145. The van der Waals surface area contributed by atoms with Gasteiger partial charge in [0.2, 0.25) is 5.91 Å². The standard InChI is InChI=1S/C20H23N3O5/c1-12-5-3-4-6-16(12)23-19(27)18(26)22(20(23)28)11-17(25)21-15-9-7-14(8-10-15)13(2)24/h7-10,12,16H,3-6,11H2,1-2H3,(H,21,25)/t12-,16-/m1/s1. The van der Waals surface area contributed by atoms with Crippen molar-refractivity contribution in [2.45, 2.75) is 45.6 Å². The first-order valence-electron chi connectivity index (χ1n) is 9.39. The Labute approximate surface area is 162 Å². The summed E-state index contributed by atoms with van der Waals surface area (Å²) in [6.45, 7) is 2.87. The molecule has 8 heteroatoms. The Bertz CT molecular complexity index is 833. The highest BCUT2D eigenvalue weighted by Crippen LogP contribution is 2.31. The molecule has 8 nitrogen and oxygen atoms in total. The highest BCUT2D eigenvalue weighted by Gasteiger charge is 2.49. The third kappa shape index (κ3) is 3.81. The van der Waals surface area contributed by atoms with Gasteiger partial charge in [-0.25, -0.2) is 9.69 Å². The molecule has 2 aliphatic rings. The van der Waals surface area contributed by atoms with Crippen LogP contribution >= 0.6 is 0 Å². The maximum Gasteiger partial charge on any atom is 0.334 e. The van der Waals surface area contributed by atoms with Crippen LogP contribution in [0.25, 0.3) is 0 Å². The zero-order valence-electron chi connectivity index (χ0n) is 15.9. The Kier molecular flexibility index (Phi) is 5.58. The monoisotopic (exact) mass is 385 g/mol. The van der Waals surface area contributed by atoms with Gasteiger partial charge in [0.25, 0.3) is 0 Å². The van der Waals surface area contributed by atoms with Crippen molar-refractivity contribution in [2.75, 3.05) is 11.9 Å². The van der Waals surface area contributed by atoms with Gasteiger partial charge in [-0.1, -0.05) is 19.8 Å². The topological polar surface area (TPSA) is 104 Å². The second-order valence-corrected chi connectivity index (χ2v) is 7.36. The van der Waals surface area contributed by atoms with Gasteiger partial charge in [-0.2, -0.15) is 0 Å². The molecule has 0 spiro atoms. The average molecular weight is 385 g/mol. The molecule has 1 saturated heterocycles. The van der Waals surface area contributed by atoms with Crippen molar-refractivity contribution in [2.24, 2.45) is 5.92 Å². The zero-order chi connectivity index (χ0) is 20.4. The molecule has 28 heavy (non-hydrogen) atoms. The number of rotatable bonds is 5. The number of ketones is 1. The SMILES string of the molecule is CC(=O)c1ccc(NC(=O)CN2C(=O)C(=O)N([C@@H]3CCCC[C@H]3C)C2=O)cc1. The third-order valence-electron chi connectivity index (χ3n) is 5.36. The molecule has 0 radical (unpaired) electrons. The normalized spacial score (nSPS) is 22.6. The first-order valence-corrected chi connectivity index (χ1v) is 9.39. The van der Waals surface area contributed by atoms with E-state index in [1.807, 2.05) is 6.92 Å². The summed E-state index contributed by atoms with van der Waals surface area (Å²) >= 11 is 0. The number of carbonyl (C=O) groups excluding carboxylic acids is 5. The third-order valence-corrected chi connectivity index (χ3v) is 5.36. The number of nitrogens with one attached hydrogen (secondary N) is 1. The second kappa shape index (κ2) is 7.92. The lowest BCUT2D eigenvalue weighted by Gasteiger charge is -2.34. The van der Waals surface area contributed by atoms with Crippen molar-refractivity contribution >= 4 is 35.2 Å². The summed E-state index contributed by atoms with van der Waals surface area (Å²) in [7, 11) is 0. The van der Waals surface area contributed by atoms with Gasteiger partial charge in [0.1, 0.15) is 6.54 Å². The molecule has 5 amide bonds. The van der Waals surface area contributed by atoms with Crippen molar-refractivity contribution in [3.05, 3.63) is 29.8 Å². The fourth-order valence-electron chi connectivity index (χ4n) is 3.77. The lowest BCUT2D eigenvalue weighted by Crippen LogP contribution is -2.46. The molecule has 0 aromatic heterocycles. The molecule has 2 fully saturated rings. The van der Waals surface area contributed by atoms with E-state index in [1.54, 1.807) is 24.3 Å². The van der Waals surface area contributed by atoms with Crippen LogP contribution in [0.1, 0.15) is 49.9 Å². The first-order chi connectivity index (χ1) is 13.3. The number of anilines is 1. The Hall–Kier alpha value is -3.03. The van der Waals surface area contributed by atoms with Crippen molar-refractivity contribution < 1.29 is 24.0 Å². The molecule has 1 aliphatic heterocycles. The molecule has 2 atom stereocenters. The fraction of sp³-hybridized carbons (Fsp3) is 0.450. The second-order valence-electron chi connectivity index (χ2n) is 7.36. The summed E-state index contributed by atoms with van der Waals surface area (Å²) in [6.07, 6.45) is 3.51. The number of hydrogen-bond acceptors (Lipinski definition) is 5. The maximum atomic E-state index is 12.7. The molecule has 1 heterocycles. The molecule has 148 valence electrons. The minimum Gasteiger partial charge on any atom is -0.325 e. The van der Waals surface area contributed by atoms with E-state index in [-0.39, 0.29) is 17.7 Å². The van der Waals surface area contributed by atoms with Crippen LogP contribution in [0, 0.1) is 5.92 Å². The summed E-state index contributed by atoms with van der Waals surface area (Å²) in [6, 6.07) is 5.23. The van der Waals surface area contributed by atoms with E-state index in [9.17, 15) is 24.0 Å². The van der Waals surface area contributed by atoms with E-state index in [0.717, 1.165) is 24.2 Å². The fourth-order valence-corrected chi connectivity index (χ4v) is 3.77. The predicted molar refractivity (Wildman–Crippen MR) is 100 cm³/mol. The van der Waals surface area contributed by atoms with Crippen molar-refractivity contribution in [1.82, 2.24) is 9.80 Å². The quantitative estimate of drug-likeness (QED) is 0.475. The predicted octanol–water partition coefficient (Wildman–Crippen LogP) is 2.20. The molecular formula is C20H23N3O5. The van der Waals surface area contributed by atoms with Crippen LogP contribution in [0.4, 0.5) is 10.5 Å². The van der Waals surface area contributed by atoms with Crippen LogP contribution in [-0.4, -0.2) is 51.9 Å². The number of carbonyl (C=O) groups is 5. The van der Waals surface area contributed by atoms with Crippen LogP contribution in [0.3, 0.4) is 0 Å². The number of urea groups is 1. The molecule has 0 bridgehead atoms. The van der Waals surface area contributed by atoms with E-state index < -0.39 is 30.3 Å². The summed E-state index contributed by atoms with van der Waals surface area (Å²) in [5.41, 5.74) is 0.934. The molecule has 0 unspecified atom stereocenters.